The summed E-state index contributed by atoms with van der Waals surface area (Å²) in [5.41, 5.74) is -0.314. The van der Waals surface area contributed by atoms with Crippen molar-refractivity contribution < 1.29 is 41.0 Å². The minimum atomic E-state index is -4.72. The number of carbonyl (C=O) groups is 1. The normalized spacial score (nSPS) is 25.7. The Morgan fingerprint density at radius 1 is 0.971 bits per heavy atom. The number of carboxylic acid groups (broad SMARTS) is 1. The molecule has 0 aromatic heterocycles. The highest BCUT2D eigenvalue weighted by Crippen LogP contribution is 2.44. The molecule has 0 aliphatic heterocycles. The lowest BCUT2D eigenvalue weighted by Crippen LogP contribution is -2.32. The summed E-state index contributed by atoms with van der Waals surface area (Å²) in [5.74, 6) is -3.06. The molecule has 2 aliphatic carbocycles. The van der Waals surface area contributed by atoms with Crippen molar-refractivity contribution in [3.05, 3.63) is 41.5 Å². The smallest absolute Gasteiger partial charge is 0.420 e. The highest BCUT2D eigenvalue weighted by molar-refractivity contribution is 5.89. The fourth-order valence-corrected chi connectivity index (χ4v) is 5.19. The molecule has 0 bridgehead atoms. The Bertz CT molecular complexity index is 1060. The Morgan fingerprint density at radius 3 is 2.26 bits per heavy atom. The summed E-state index contributed by atoms with van der Waals surface area (Å²) in [4.78, 5) is 11.1. The van der Waals surface area contributed by atoms with Crippen LogP contribution in [0.4, 0.5) is 26.3 Å². The van der Waals surface area contributed by atoms with Crippen LogP contribution in [0.5, 0.6) is 5.75 Å². The number of nitrogens with one attached hydrogen (secondary N) is 1. The molecular weight excluding hydrogens is 476 g/mol. The van der Waals surface area contributed by atoms with Crippen LogP contribution in [-0.4, -0.2) is 29.4 Å². The number of ether oxygens (including phenoxy) is 1. The number of hydrogen-bond acceptors (Lipinski definition) is 3. The van der Waals surface area contributed by atoms with Gasteiger partial charge in [-0.05, 0) is 73.4 Å². The molecule has 2 aliphatic rings. The maximum Gasteiger partial charge on any atom is 0.420 e. The third-order valence-electron chi connectivity index (χ3n) is 7.14. The molecule has 35 heavy (non-hydrogen) atoms. The van der Waals surface area contributed by atoms with Gasteiger partial charge in [-0.2, -0.15) is 26.3 Å². The van der Waals surface area contributed by atoms with E-state index >= 15 is 0 Å². The summed E-state index contributed by atoms with van der Waals surface area (Å²) in [6.07, 6.45) is -8.24. The van der Waals surface area contributed by atoms with Gasteiger partial charge in [0.15, 0.2) is 0 Å². The first-order valence-electron chi connectivity index (χ1n) is 11.7. The topological polar surface area (TPSA) is 58.6 Å². The summed E-state index contributed by atoms with van der Waals surface area (Å²) in [6, 6.07) is 7.50. The number of carboxylic acids is 1. The molecule has 0 saturated heterocycles. The summed E-state index contributed by atoms with van der Waals surface area (Å²) in [5, 5.41) is 12.7. The highest BCUT2D eigenvalue weighted by Gasteiger charge is 2.43. The van der Waals surface area contributed by atoms with Gasteiger partial charge in [-0.15, -0.1) is 0 Å². The molecule has 0 spiro atoms. The minimum Gasteiger partial charge on any atom is -0.490 e. The van der Waals surface area contributed by atoms with Crippen molar-refractivity contribution in [2.24, 2.45) is 11.8 Å². The lowest BCUT2D eigenvalue weighted by Gasteiger charge is -2.31. The zero-order chi connectivity index (χ0) is 25.4. The number of aliphatic carboxylic acids is 1. The first-order valence-corrected chi connectivity index (χ1v) is 11.7. The van der Waals surface area contributed by atoms with E-state index in [1.54, 1.807) is 12.1 Å². The summed E-state index contributed by atoms with van der Waals surface area (Å²) in [7, 11) is 0. The van der Waals surface area contributed by atoms with Crippen LogP contribution in [0, 0.1) is 11.8 Å². The number of fused-ring (bicyclic) bond motifs is 1. The predicted molar refractivity (Wildman–Crippen MR) is 117 cm³/mol. The van der Waals surface area contributed by atoms with Crippen LogP contribution in [0.15, 0.2) is 30.3 Å². The third-order valence-corrected chi connectivity index (χ3v) is 7.14. The van der Waals surface area contributed by atoms with Crippen molar-refractivity contribution in [3.8, 4) is 5.75 Å². The van der Waals surface area contributed by atoms with Gasteiger partial charge in [0.25, 0.3) is 0 Å². The predicted octanol–water partition coefficient (Wildman–Crippen LogP) is 6.70. The van der Waals surface area contributed by atoms with E-state index in [1.165, 1.54) is 18.2 Å². The van der Waals surface area contributed by atoms with E-state index in [0.29, 0.717) is 30.2 Å². The van der Waals surface area contributed by atoms with Crippen LogP contribution in [0.1, 0.15) is 56.1 Å². The van der Waals surface area contributed by atoms with Gasteiger partial charge >= 0.3 is 18.3 Å². The molecule has 4 rings (SSSR count). The van der Waals surface area contributed by atoms with Crippen molar-refractivity contribution in [1.82, 2.24) is 5.32 Å². The van der Waals surface area contributed by atoms with Gasteiger partial charge in [-0.3, -0.25) is 4.79 Å². The lowest BCUT2D eigenvalue weighted by atomic mass is 9.87. The van der Waals surface area contributed by atoms with Gasteiger partial charge in [-0.1, -0.05) is 18.2 Å². The van der Waals surface area contributed by atoms with Crippen molar-refractivity contribution in [1.29, 1.82) is 0 Å². The van der Waals surface area contributed by atoms with Gasteiger partial charge in [0.1, 0.15) is 11.3 Å². The molecule has 2 N–H and O–H groups in total. The molecule has 0 radical (unpaired) electrons. The van der Waals surface area contributed by atoms with Crippen LogP contribution in [-0.2, 0) is 17.5 Å². The molecule has 2 aromatic carbocycles. The first-order chi connectivity index (χ1) is 16.4. The molecule has 0 heterocycles. The Morgan fingerprint density at radius 2 is 1.66 bits per heavy atom. The van der Waals surface area contributed by atoms with E-state index in [-0.39, 0.29) is 49.4 Å². The standard InChI is InChI=1S/C25H27F6NO3/c26-24(27,28)17-5-8-19(9-6-17)35-21-10-4-15-2-1-14(11-20(15)22(21)25(29,30)31)13-32-18-7-3-16(12-18)23(33)34/h1-2,4,10-11,16-19,32H,3,5-9,12-13H2,(H,33,34). The molecule has 2 aromatic rings. The molecule has 2 unspecified atom stereocenters. The van der Waals surface area contributed by atoms with Gasteiger partial charge < -0.3 is 15.2 Å². The Hall–Kier alpha value is -2.49. The van der Waals surface area contributed by atoms with Crippen molar-refractivity contribution in [3.63, 3.8) is 0 Å². The van der Waals surface area contributed by atoms with Crippen molar-refractivity contribution >= 4 is 16.7 Å². The molecular formula is C25H27F6NO3. The maximum atomic E-state index is 14.1. The fourth-order valence-electron chi connectivity index (χ4n) is 5.19. The second-order valence-electron chi connectivity index (χ2n) is 9.55. The minimum absolute atomic E-state index is 0.0182. The summed E-state index contributed by atoms with van der Waals surface area (Å²) in [6.45, 7) is 0.288. The number of alkyl halides is 6. The van der Waals surface area contributed by atoms with Gasteiger partial charge in [0.2, 0.25) is 0 Å². The van der Waals surface area contributed by atoms with E-state index in [4.69, 9.17) is 9.84 Å². The second-order valence-corrected chi connectivity index (χ2v) is 9.55. The van der Waals surface area contributed by atoms with Crippen LogP contribution in [0.2, 0.25) is 0 Å². The molecule has 10 heteroatoms. The quantitative estimate of drug-likeness (QED) is 0.431. The molecule has 2 atom stereocenters. The summed E-state index contributed by atoms with van der Waals surface area (Å²) < 4.78 is 86.8. The maximum absolute atomic E-state index is 14.1. The summed E-state index contributed by atoms with van der Waals surface area (Å²) >= 11 is 0. The van der Waals surface area contributed by atoms with Gasteiger partial charge in [0, 0.05) is 12.6 Å². The lowest BCUT2D eigenvalue weighted by molar-refractivity contribution is -0.185. The van der Waals surface area contributed by atoms with E-state index in [0.717, 1.165) is 0 Å². The van der Waals surface area contributed by atoms with E-state index in [9.17, 15) is 31.1 Å². The molecule has 2 saturated carbocycles. The van der Waals surface area contributed by atoms with E-state index in [1.807, 2.05) is 0 Å². The average Bonchev–Trinajstić information content (AvgIpc) is 3.26. The molecule has 0 amide bonds. The highest BCUT2D eigenvalue weighted by atomic mass is 19.4. The third kappa shape index (κ3) is 6.02. The molecule has 4 nitrogen and oxygen atoms in total. The monoisotopic (exact) mass is 503 g/mol. The van der Waals surface area contributed by atoms with Gasteiger partial charge in [0.05, 0.1) is 17.9 Å². The number of hydrogen-bond donors (Lipinski definition) is 2. The zero-order valence-corrected chi connectivity index (χ0v) is 18.9. The number of benzene rings is 2. The Kier molecular flexibility index (Phi) is 7.22. The Balaban J connectivity index is 1.52. The van der Waals surface area contributed by atoms with Crippen LogP contribution < -0.4 is 10.1 Å². The average molecular weight is 503 g/mol. The molecule has 192 valence electrons. The molecule has 2 fully saturated rings. The fraction of sp³-hybridized carbons (Fsp3) is 0.560. The van der Waals surface area contributed by atoms with Crippen molar-refractivity contribution in [2.45, 2.75) is 76.0 Å². The first kappa shape index (κ1) is 25.6. The Labute approximate surface area is 198 Å². The second kappa shape index (κ2) is 9.87. The largest absolute Gasteiger partial charge is 0.490 e. The SMILES string of the molecule is O=C(O)C1CCC(NCc2ccc3ccc(OC4CCC(C(F)(F)F)CC4)c(C(F)(F)F)c3c2)C1. The van der Waals surface area contributed by atoms with Gasteiger partial charge in [-0.25, -0.2) is 0 Å². The zero-order valence-electron chi connectivity index (χ0n) is 18.9. The van der Waals surface area contributed by atoms with E-state index < -0.39 is 41.8 Å². The van der Waals surface area contributed by atoms with Crippen LogP contribution in [0.3, 0.4) is 0 Å². The van der Waals surface area contributed by atoms with Crippen molar-refractivity contribution in [2.75, 3.05) is 0 Å². The van der Waals surface area contributed by atoms with Crippen LogP contribution >= 0.6 is 0 Å². The number of halogens is 6. The van der Waals surface area contributed by atoms with E-state index in [2.05, 4.69) is 5.32 Å². The number of rotatable bonds is 6. The van der Waals surface area contributed by atoms with Crippen LogP contribution in [0.25, 0.3) is 10.8 Å².